The average molecular weight is 261 g/mol. The fourth-order valence-corrected chi connectivity index (χ4v) is 3.75. The molecule has 0 aromatic carbocycles. The summed E-state index contributed by atoms with van der Waals surface area (Å²) in [5, 5.41) is 8.33. The smallest absolute Gasteiger partial charge is 0.0762 e. The normalized spacial score (nSPS) is 28.3. The molecule has 3 nitrogen and oxygen atoms in total. The van der Waals surface area contributed by atoms with Crippen LogP contribution in [0.2, 0.25) is 0 Å². The Balaban J connectivity index is 1.45. The van der Waals surface area contributed by atoms with E-state index < -0.39 is 0 Å². The van der Waals surface area contributed by atoms with Gasteiger partial charge in [0.05, 0.1) is 11.7 Å². The lowest BCUT2D eigenvalue weighted by Gasteiger charge is -2.15. The van der Waals surface area contributed by atoms with Crippen LogP contribution < -0.4 is 5.32 Å². The summed E-state index contributed by atoms with van der Waals surface area (Å²) in [6.45, 7) is 4.49. The van der Waals surface area contributed by atoms with Gasteiger partial charge < -0.3 is 5.32 Å². The molecule has 0 saturated heterocycles. The van der Waals surface area contributed by atoms with E-state index in [0.717, 1.165) is 24.9 Å². The summed E-state index contributed by atoms with van der Waals surface area (Å²) in [6, 6.07) is 2.85. The van der Waals surface area contributed by atoms with Gasteiger partial charge in [-0.25, -0.2) is 0 Å². The summed E-state index contributed by atoms with van der Waals surface area (Å²) < 4.78 is 2.20. The fourth-order valence-electron chi connectivity index (χ4n) is 3.75. The van der Waals surface area contributed by atoms with Gasteiger partial charge in [0.2, 0.25) is 0 Å². The Kier molecular flexibility index (Phi) is 4.21. The maximum absolute atomic E-state index is 4.73. The molecule has 1 heterocycles. The molecular formula is C16H27N3. The molecule has 106 valence electrons. The lowest BCUT2D eigenvalue weighted by Crippen LogP contribution is -2.24. The first-order valence-electron chi connectivity index (χ1n) is 8.07. The van der Waals surface area contributed by atoms with E-state index in [-0.39, 0.29) is 0 Å². The molecule has 2 aliphatic rings. The van der Waals surface area contributed by atoms with Gasteiger partial charge in [-0.15, -0.1) is 0 Å². The van der Waals surface area contributed by atoms with Gasteiger partial charge in [-0.3, -0.25) is 4.68 Å². The number of hydrogen-bond acceptors (Lipinski definition) is 2. The van der Waals surface area contributed by atoms with Crippen LogP contribution >= 0.6 is 0 Å². The molecule has 3 rings (SSSR count). The maximum atomic E-state index is 4.73. The van der Waals surface area contributed by atoms with Crippen molar-refractivity contribution in [2.24, 2.45) is 11.8 Å². The third kappa shape index (κ3) is 3.19. The first-order chi connectivity index (χ1) is 9.33. The zero-order chi connectivity index (χ0) is 13.1. The molecule has 0 bridgehead atoms. The Labute approximate surface area is 116 Å². The quantitative estimate of drug-likeness (QED) is 0.879. The second-order valence-electron chi connectivity index (χ2n) is 6.52. The van der Waals surface area contributed by atoms with Crippen molar-refractivity contribution < 1.29 is 0 Å². The number of nitrogens with one attached hydrogen (secondary N) is 1. The average Bonchev–Trinajstić information content (AvgIpc) is 3.11. The zero-order valence-corrected chi connectivity index (χ0v) is 12.1. The van der Waals surface area contributed by atoms with Crippen molar-refractivity contribution in [1.29, 1.82) is 0 Å². The van der Waals surface area contributed by atoms with E-state index in [1.165, 1.54) is 50.6 Å². The highest BCUT2D eigenvalue weighted by molar-refractivity contribution is 5.00. The van der Waals surface area contributed by atoms with Crippen LogP contribution in [0.15, 0.2) is 12.3 Å². The van der Waals surface area contributed by atoms with Crippen LogP contribution in [0.1, 0.15) is 63.6 Å². The minimum atomic E-state index is 0.670. The highest BCUT2D eigenvalue weighted by Gasteiger charge is 2.22. The van der Waals surface area contributed by atoms with Crippen LogP contribution in [0, 0.1) is 11.8 Å². The van der Waals surface area contributed by atoms with Crippen molar-refractivity contribution in [3.05, 3.63) is 18.0 Å². The summed E-state index contributed by atoms with van der Waals surface area (Å²) in [7, 11) is 0. The largest absolute Gasteiger partial charge is 0.311 e. The molecule has 2 aliphatic carbocycles. The van der Waals surface area contributed by atoms with Gasteiger partial charge in [-0.05, 0) is 43.7 Å². The standard InChI is InChI=1S/C16H27N3/c1-13-5-4-6-14(13)11-17-12-15-9-10-19(18-15)16-7-2-3-8-16/h9-10,13-14,16-17H,2-8,11-12H2,1H3. The van der Waals surface area contributed by atoms with Crippen molar-refractivity contribution >= 4 is 0 Å². The van der Waals surface area contributed by atoms with Crippen molar-refractivity contribution in [3.63, 3.8) is 0 Å². The summed E-state index contributed by atoms with van der Waals surface area (Å²) >= 11 is 0. The summed E-state index contributed by atoms with van der Waals surface area (Å²) in [5.41, 5.74) is 1.21. The second-order valence-corrected chi connectivity index (χ2v) is 6.52. The predicted molar refractivity (Wildman–Crippen MR) is 77.9 cm³/mol. The Morgan fingerprint density at radius 3 is 2.79 bits per heavy atom. The topological polar surface area (TPSA) is 29.9 Å². The van der Waals surface area contributed by atoms with Crippen molar-refractivity contribution in [3.8, 4) is 0 Å². The van der Waals surface area contributed by atoms with Gasteiger partial charge in [-0.2, -0.15) is 5.10 Å². The van der Waals surface area contributed by atoms with Gasteiger partial charge >= 0.3 is 0 Å². The third-order valence-corrected chi connectivity index (χ3v) is 5.11. The summed E-state index contributed by atoms with van der Waals surface area (Å²) in [5.74, 6) is 1.79. The Bertz CT molecular complexity index is 392. The van der Waals surface area contributed by atoms with Crippen LogP contribution in [0.25, 0.3) is 0 Å². The molecule has 1 aromatic heterocycles. The number of nitrogens with zero attached hydrogens (tertiary/aromatic N) is 2. The van der Waals surface area contributed by atoms with Gasteiger partial charge in [0.25, 0.3) is 0 Å². The number of aromatic nitrogens is 2. The Morgan fingerprint density at radius 1 is 1.21 bits per heavy atom. The molecule has 2 saturated carbocycles. The lowest BCUT2D eigenvalue weighted by atomic mass is 9.98. The number of rotatable bonds is 5. The van der Waals surface area contributed by atoms with Crippen LogP contribution in [-0.4, -0.2) is 16.3 Å². The molecule has 19 heavy (non-hydrogen) atoms. The summed E-state index contributed by atoms with van der Waals surface area (Å²) in [4.78, 5) is 0. The molecule has 0 radical (unpaired) electrons. The molecule has 2 atom stereocenters. The molecule has 3 heteroatoms. The Morgan fingerprint density at radius 2 is 2.05 bits per heavy atom. The van der Waals surface area contributed by atoms with E-state index in [2.05, 4.69) is 29.2 Å². The van der Waals surface area contributed by atoms with Gasteiger partial charge in [-0.1, -0.05) is 32.6 Å². The highest BCUT2D eigenvalue weighted by atomic mass is 15.3. The first kappa shape index (κ1) is 13.2. The van der Waals surface area contributed by atoms with E-state index in [4.69, 9.17) is 5.10 Å². The van der Waals surface area contributed by atoms with Crippen molar-refractivity contribution in [2.75, 3.05) is 6.54 Å². The molecule has 2 unspecified atom stereocenters. The molecule has 0 amide bonds. The molecule has 1 aromatic rings. The fraction of sp³-hybridized carbons (Fsp3) is 0.812. The van der Waals surface area contributed by atoms with Crippen LogP contribution in [0.3, 0.4) is 0 Å². The molecule has 1 N–H and O–H groups in total. The third-order valence-electron chi connectivity index (χ3n) is 5.11. The van der Waals surface area contributed by atoms with Crippen molar-refractivity contribution in [1.82, 2.24) is 15.1 Å². The molecule has 0 aliphatic heterocycles. The number of hydrogen-bond donors (Lipinski definition) is 1. The van der Waals surface area contributed by atoms with Crippen molar-refractivity contribution in [2.45, 2.75) is 64.5 Å². The Hall–Kier alpha value is -0.830. The zero-order valence-electron chi connectivity index (χ0n) is 12.1. The van der Waals surface area contributed by atoms with Crippen LogP contribution in [0.5, 0.6) is 0 Å². The highest BCUT2D eigenvalue weighted by Crippen LogP contribution is 2.30. The van der Waals surface area contributed by atoms with Crippen LogP contribution in [-0.2, 0) is 6.54 Å². The lowest BCUT2D eigenvalue weighted by molar-refractivity contribution is 0.389. The van der Waals surface area contributed by atoms with Crippen LogP contribution in [0.4, 0.5) is 0 Å². The van der Waals surface area contributed by atoms with Gasteiger partial charge in [0.1, 0.15) is 0 Å². The monoisotopic (exact) mass is 261 g/mol. The molecular weight excluding hydrogens is 234 g/mol. The second kappa shape index (κ2) is 6.08. The van der Waals surface area contributed by atoms with E-state index in [1.807, 2.05) is 0 Å². The first-order valence-corrected chi connectivity index (χ1v) is 8.07. The predicted octanol–water partition coefficient (Wildman–Crippen LogP) is 3.52. The minimum Gasteiger partial charge on any atom is -0.311 e. The van der Waals surface area contributed by atoms with E-state index >= 15 is 0 Å². The molecule has 0 spiro atoms. The van der Waals surface area contributed by atoms with E-state index in [9.17, 15) is 0 Å². The van der Waals surface area contributed by atoms with E-state index in [1.54, 1.807) is 0 Å². The van der Waals surface area contributed by atoms with Gasteiger partial charge in [0.15, 0.2) is 0 Å². The summed E-state index contributed by atoms with van der Waals surface area (Å²) in [6.07, 6.45) is 11.8. The minimum absolute atomic E-state index is 0.670. The maximum Gasteiger partial charge on any atom is 0.0762 e. The van der Waals surface area contributed by atoms with E-state index in [0.29, 0.717) is 6.04 Å². The SMILES string of the molecule is CC1CCCC1CNCc1ccn(C2CCCC2)n1. The molecule has 2 fully saturated rings. The van der Waals surface area contributed by atoms with Gasteiger partial charge in [0, 0.05) is 12.7 Å².